The van der Waals surface area contributed by atoms with Gasteiger partial charge in [0.1, 0.15) is 5.75 Å². The number of aryl methyl sites for hydroxylation is 2. The van der Waals surface area contributed by atoms with Crippen LogP contribution in [0.25, 0.3) is 0 Å². The van der Waals surface area contributed by atoms with E-state index in [-0.39, 0.29) is 11.3 Å². The molecule has 1 N–H and O–H groups in total. The lowest BCUT2D eigenvalue weighted by Gasteiger charge is -2.19. The van der Waals surface area contributed by atoms with E-state index in [1.165, 1.54) is 5.56 Å². The predicted octanol–water partition coefficient (Wildman–Crippen LogP) is 5.40. The van der Waals surface area contributed by atoms with Crippen LogP contribution in [0.1, 0.15) is 50.3 Å². The van der Waals surface area contributed by atoms with Crippen molar-refractivity contribution < 1.29 is 9.53 Å². The summed E-state index contributed by atoms with van der Waals surface area (Å²) in [6.45, 7) is 11.2. The Morgan fingerprint density at radius 3 is 2.16 bits per heavy atom. The lowest BCUT2D eigenvalue weighted by molar-refractivity contribution is -0.116. The molecule has 25 heavy (non-hydrogen) atoms. The number of carbonyl (C=O) groups excluding carboxylic acids is 1. The van der Waals surface area contributed by atoms with Crippen LogP contribution in [0.2, 0.25) is 0 Å². The van der Waals surface area contributed by atoms with Gasteiger partial charge in [0.15, 0.2) is 0 Å². The molecule has 0 unspecified atom stereocenters. The van der Waals surface area contributed by atoms with Crippen molar-refractivity contribution in [3.63, 3.8) is 0 Å². The number of hydrogen-bond donors (Lipinski definition) is 1. The molecule has 2 rings (SSSR count). The molecule has 2 aromatic rings. The van der Waals surface area contributed by atoms with Gasteiger partial charge in [0.05, 0.1) is 6.61 Å². The lowest BCUT2D eigenvalue weighted by Crippen LogP contribution is -2.13. The number of amides is 1. The van der Waals surface area contributed by atoms with E-state index in [1.54, 1.807) is 0 Å². The molecule has 0 saturated carbocycles. The number of anilines is 1. The maximum atomic E-state index is 12.0. The first-order chi connectivity index (χ1) is 11.7. The van der Waals surface area contributed by atoms with Gasteiger partial charge in [-0.2, -0.15) is 0 Å². The summed E-state index contributed by atoms with van der Waals surface area (Å²) in [6.07, 6.45) is 1.14. The van der Waals surface area contributed by atoms with Crippen molar-refractivity contribution in [3.05, 3.63) is 59.2 Å². The van der Waals surface area contributed by atoms with Crippen LogP contribution < -0.4 is 10.1 Å². The summed E-state index contributed by atoms with van der Waals surface area (Å²) in [5, 5.41) is 2.95. The fourth-order valence-electron chi connectivity index (χ4n) is 2.74. The van der Waals surface area contributed by atoms with Crippen LogP contribution >= 0.6 is 0 Å². The van der Waals surface area contributed by atoms with E-state index in [9.17, 15) is 4.79 Å². The molecule has 0 saturated heterocycles. The van der Waals surface area contributed by atoms with Crippen LogP contribution in [-0.2, 0) is 10.2 Å². The summed E-state index contributed by atoms with van der Waals surface area (Å²) in [5.41, 5.74) is 4.59. The quantitative estimate of drug-likeness (QED) is 0.716. The highest BCUT2D eigenvalue weighted by Gasteiger charge is 2.13. The summed E-state index contributed by atoms with van der Waals surface area (Å²) in [4.78, 5) is 12.0. The Morgan fingerprint density at radius 2 is 1.60 bits per heavy atom. The highest BCUT2D eigenvalue weighted by atomic mass is 16.5. The molecule has 0 heterocycles. The molecule has 134 valence electrons. The van der Waals surface area contributed by atoms with Crippen LogP contribution in [0.15, 0.2) is 42.5 Å². The molecule has 0 aliphatic carbocycles. The van der Waals surface area contributed by atoms with Crippen molar-refractivity contribution >= 4 is 11.6 Å². The van der Waals surface area contributed by atoms with Gasteiger partial charge >= 0.3 is 0 Å². The van der Waals surface area contributed by atoms with E-state index < -0.39 is 0 Å². The normalized spacial score (nSPS) is 11.2. The summed E-state index contributed by atoms with van der Waals surface area (Å²) >= 11 is 0. The van der Waals surface area contributed by atoms with E-state index >= 15 is 0 Å². The largest absolute Gasteiger partial charge is 0.494 e. The second-order valence-corrected chi connectivity index (χ2v) is 7.65. The Hall–Kier alpha value is -2.29. The van der Waals surface area contributed by atoms with E-state index in [1.807, 2.05) is 38.1 Å². The third kappa shape index (κ3) is 6.26. The second-order valence-electron chi connectivity index (χ2n) is 7.65. The number of ether oxygens (including phenoxy) is 1. The molecule has 0 spiro atoms. The van der Waals surface area contributed by atoms with Gasteiger partial charge in [-0.15, -0.1) is 0 Å². The zero-order chi connectivity index (χ0) is 18.4. The molecule has 0 fully saturated rings. The molecule has 0 bridgehead atoms. The molecule has 0 atom stereocenters. The van der Waals surface area contributed by atoms with E-state index in [0.29, 0.717) is 19.4 Å². The maximum Gasteiger partial charge on any atom is 0.224 e. The van der Waals surface area contributed by atoms with E-state index in [2.05, 4.69) is 44.3 Å². The number of rotatable bonds is 6. The number of hydrogen-bond acceptors (Lipinski definition) is 2. The molecule has 3 heteroatoms. The Kier molecular flexibility index (Phi) is 6.24. The van der Waals surface area contributed by atoms with E-state index in [0.717, 1.165) is 22.6 Å². The van der Waals surface area contributed by atoms with Crippen LogP contribution in [0.3, 0.4) is 0 Å². The molecule has 0 radical (unpaired) electrons. The third-order valence-corrected chi connectivity index (χ3v) is 4.04. The van der Waals surface area contributed by atoms with Gasteiger partial charge in [-0.3, -0.25) is 4.79 Å². The van der Waals surface area contributed by atoms with Gasteiger partial charge in [-0.1, -0.05) is 39.0 Å². The van der Waals surface area contributed by atoms with Gasteiger partial charge in [0.2, 0.25) is 5.91 Å². The third-order valence-electron chi connectivity index (χ3n) is 4.04. The van der Waals surface area contributed by atoms with Crippen LogP contribution in [0, 0.1) is 13.8 Å². The first-order valence-corrected chi connectivity index (χ1v) is 8.85. The fraction of sp³-hybridized carbons (Fsp3) is 0.409. The minimum Gasteiger partial charge on any atom is -0.494 e. The molecule has 0 aliphatic heterocycles. The first kappa shape index (κ1) is 19.0. The zero-order valence-corrected chi connectivity index (χ0v) is 16.0. The van der Waals surface area contributed by atoms with Crippen LogP contribution in [0.5, 0.6) is 5.75 Å². The topological polar surface area (TPSA) is 38.3 Å². The van der Waals surface area contributed by atoms with Gasteiger partial charge in [0, 0.05) is 12.1 Å². The second kappa shape index (κ2) is 8.19. The monoisotopic (exact) mass is 339 g/mol. The first-order valence-electron chi connectivity index (χ1n) is 8.85. The van der Waals surface area contributed by atoms with Crippen molar-refractivity contribution in [3.8, 4) is 5.75 Å². The van der Waals surface area contributed by atoms with Crippen molar-refractivity contribution in [1.29, 1.82) is 0 Å². The highest BCUT2D eigenvalue weighted by molar-refractivity contribution is 5.90. The Bertz CT molecular complexity index is 692. The standard InChI is InChI=1S/C22H29NO2/c1-16-13-17(2)15-19(14-16)23-21(24)7-6-12-25-20-10-8-18(9-11-20)22(3,4)5/h8-11,13-15H,6-7,12H2,1-5H3,(H,23,24). The number of carbonyl (C=O) groups is 1. The van der Waals surface area contributed by atoms with Gasteiger partial charge in [-0.25, -0.2) is 0 Å². The minimum atomic E-state index is 0.0247. The van der Waals surface area contributed by atoms with Crippen molar-refractivity contribution in [2.45, 2.75) is 52.9 Å². The summed E-state index contributed by atoms with van der Waals surface area (Å²) in [6, 6.07) is 14.3. The van der Waals surface area contributed by atoms with Crippen molar-refractivity contribution in [2.24, 2.45) is 0 Å². The lowest BCUT2D eigenvalue weighted by atomic mass is 9.87. The molecule has 0 aliphatic rings. The minimum absolute atomic E-state index is 0.0247. The molecular weight excluding hydrogens is 310 g/mol. The van der Waals surface area contributed by atoms with Gasteiger partial charge in [-0.05, 0) is 66.6 Å². The average Bonchev–Trinajstić information content (AvgIpc) is 2.50. The number of benzene rings is 2. The molecular formula is C22H29NO2. The fourth-order valence-corrected chi connectivity index (χ4v) is 2.74. The average molecular weight is 339 g/mol. The SMILES string of the molecule is Cc1cc(C)cc(NC(=O)CCCOc2ccc(C(C)(C)C)cc2)c1. The smallest absolute Gasteiger partial charge is 0.224 e. The van der Waals surface area contributed by atoms with Gasteiger partial charge < -0.3 is 10.1 Å². The Morgan fingerprint density at radius 1 is 1.00 bits per heavy atom. The van der Waals surface area contributed by atoms with Gasteiger partial charge in [0.25, 0.3) is 0 Å². The van der Waals surface area contributed by atoms with Crippen LogP contribution in [0.4, 0.5) is 5.69 Å². The Labute approximate surface area is 151 Å². The molecule has 3 nitrogen and oxygen atoms in total. The predicted molar refractivity (Wildman–Crippen MR) is 104 cm³/mol. The maximum absolute atomic E-state index is 12.0. The number of nitrogens with one attached hydrogen (secondary N) is 1. The van der Waals surface area contributed by atoms with Crippen LogP contribution in [-0.4, -0.2) is 12.5 Å². The molecule has 1 amide bonds. The Balaban J connectivity index is 1.74. The zero-order valence-electron chi connectivity index (χ0n) is 16.0. The summed E-state index contributed by atoms with van der Waals surface area (Å²) in [5.74, 6) is 0.874. The highest BCUT2D eigenvalue weighted by Crippen LogP contribution is 2.24. The summed E-state index contributed by atoms with van der Waals surface area (Å²) in [7, 11) is 0. The van der Waals surface area contributed by atoms with Crippen molar-refractivity contribution in [1.82, 2.24) is 0 Å². The van der Waals surface area contributed by atoms with Crippen molar-refractivity contribution in [2.75, 3.05) is 11.9 Å². The summed E-state index contributed by atoms with van der Waals surface area (Å²) < 4.78 is 5.73. The molecule has 0 aromatic heterocycles. The molecule has 2 aromatic carbocycles. The van der Waals surface area contributed by atoms with E-state index in [4.69, 9.17) is 4.74 Å².